The zero-order valence-corrected chi connectivity index (χ0v) is 15.5. The number of rotatable bonds is 7. The summed E-state index contributed by atoms with van der Waals surface area (Å²) in [6.45, 7) is 0.679. The van der Waals surface area contributed by atoms with E-state index in [0.717, 1.165) is 51.5 Å². The number of nitrogens with two attached hydrogens (primary N) is 1. The first-order valence-electron chi connectivity index (χ1n) is 8.40. The number of fused-ring (bicyclic) bond motifs is 1. The molecule has 0 aliphatic rings. The van der Waals surface area contributed by atoms with Crippen LogP contribution in [0.25, 0.3) is 22.2 Å². The van der Waals surface area contributed by atoms with E-state index in [9.17, 15) is 4.79 Å². The van der Waals surface area contributed by atoms with E-state index in [0.29, 0.717) is 6.54 Å². The molecule has 130 valence electrons. The van der Waals surface area contributed by atoms with Crippen molar-refractivity contribution in [2.75, 3.05) is 6.54 Å². The Labute approximate surface area is 155 Å². The van der Waals surface area contributed by atoms with Gasteiger partial charge in [-0.25, -0.2) is 0 Å². The lowest BCUT2D eigenvalue weighted by atomic mass is 9.99. The molecule has 0 saturated carbocycles. The number of carbonyl (C=O) groups is 1. The molecule has 0 unspecified atom stereocenters. The molecule has 3 aromatic rings. The number of aromatic amines is 1. The first-order valence-corrected chi connectivity index (χ1v) is 9.19. The van der Waals surface area contributed by atoms with Crippen molar-refractivity contribution in [1.82, 2.24) is 4.98 Å². The number of unbranched alkanes of at least 4 members (excludes halogenated alkanes) is 1. The molecule has 0 atom stereocenters. The van der Waals surface area contributed by atoms with E-state index in [2.05, 4.69) is 33.0 Å². The second-order valence-electron chi connectivity index (χ2n) is 6.19. The van der Waals surface area contributed by atoms with Crippen LogP contribution < -0.4 is 5.73 Å². The highest BCUT2D eigenvalue weighted by Crippen LogP contribution is 2.33. The predicted molar refractivity (Wildman–Crippen MR) is 105 cm³/mol. The molecule has 0 spiro atoms. The fraction of sp³-hybridized carbons (Fsp3) is 0.250. The monoisotopic (exact) mass is 400 g/mol. The zero-order chi connectivity index (χ0) is 17.8. The molecule has 0 aliphatic carbocycles. The number of nitrogens with one attached hydrogen (secondary N) is 1. The molecular formula is C20H21BrN2O2. The minimum absolute atomic E-state index is 0.0373. The van der Waals surface area contributed by atoms with Gasteiger partial charge in [0.1, 0.15) is 0 Å². The summed E-state index contributed by atoms with van der Waals surface area (Å²) >= 11 is 3.53. The van der Waals surface area contributed by atoms with E-state index in [-0.39, 0.29) is 6.42 Å². The summed E-state index contributed by atoms with van der Waals surface area (Å²) in [5, 5.41) is 10.2. The van der Waals surface area contributed by atoms with E-state index >= 15 is 0 Å². The van der Waals surface area contributed by atoms with Crippen LogP contribution in [-0.4, -0.2) is 22.6 Å². The molecule has 0 aliphatic heterocycles. The number of aliphatic carboxylic acids is 1. The number of carboxylic acids is 1. The molecule has 0 amide bonds. The van der Waals surface area contributed by atoms with Gasteiger partial charge in [0.25, 0.3) is 0 Å². The topological polar surface area (TPSA) is 79.1 Å². The van der Waals surface area contributed by atoms with E-state index in [1.165, 1.54) is 5.56 Å². The Bertz CT molecular complexity index is 902. The molecule has 0 radical (unpaired) electrons. The highest BCUT2D eigenvalue weighted by molar-refractivity contribution is 9.10. The van der Waals surface area contributed by atoms with Gasteiger partial charge < -0.3 is 15.8 Å². The molecule has 0 saturated heterocycles. The standard InChI is InChI=1S/C20H21BrN2O2/c21-15-5-3-4-14(12-15)20-16(6-1-2-9-22)17-10-13(11-19(24)25)7-8-18(17)23-20/h3-5,7-8,10,12,23H,1-2,6,9,11,22H2,(H,24,25). The Balaban J connectivity index is 2.10. The van der Waals surface area contributed by atoms with E-state index in [4.69, 9.17) is 10.8 Å². The molecule has 0 bridgehead atoms. The Hall–Kier alpha value is -2.11. The number of aromatic nitrogens is 1. The van der Waals surface area contributed by atoms with Crippen molar-refractivity contribution in [1.29, 1.82) is 0 Å². The van der Waals surface area contributed by atoms with Crippen molar-refractivity contribution < 1.29 is 9.90 Å². The minimum Gasteiger partial charge on any atom is -0.481 e. The quantitative estimate of drug-likeness (QED) is 0.510. The van der Waals surface area contributed by atoms with E-state index < -0.39 is 5.97 Å². The number of aryl methyl sites for hydroxylation is 1. The smallest absolute Gasteiger partial charge is 0.307 e. The van der Waals surface area contributed by atoms with E-state index in [1.54, 1.807) is 0 Å². The number of H-pyrrole nitrogens is 1. The summed E-state index contributed by atoms with van der Waals surface area (Å²) in [6.07, 6.45) is 2.93. The van der Waals surface area contributed by atoms with Gasteiger partial charge in [-0.3, -0.25) is 4.79 Å². The van der Waals surface area contributed by atoms with Crippen molar-refractivity contribution in [2.45, 2.75) is 25.7 Å². The molecule has 2 aromatic carbocycles. The Morgan fingerprint density at radius 2 is 2.00 bits per heavy atom. The van der Waals surface area contributed by atoms with E-state index in [1.807, 2.05) is 30.3 Å². The number of benzene rings is 2. The van der Waals surface area contributed by atoms with Crippen LogP contribution in [0.3, 0.4) is 0 Å². The maximum atomic E-state index is 11.0. The van der Waals surface area contributed by atoms with Crippen molar-refractivity contribution in [2.24, 2.45) is 5.73 Å². The predicted octanol–water partition coefficient (Wildman–Crippen LogP) is 4.51. The lowest BCUT2D eigenvalue weighted by Gasteiger charge is -2.06. The van der Waals surface area contributed by atoms with Crippen LogP contribution in [0.15, 0.2) is 46.9 Å². The maximum Gasteiger partial charge on any atom is 0.307 e. The van der Waals surface area contributed by atoms with Gasteiger partial charge in [-0.15, -0.1) is 0 Å². The molecule has 1 aromatic heterocycles. The SMILES string of the molecule is NCCCCc1c(-c2cccc(Br)c2)[nH]c2ccc(CC(=O)O)cc12. The molecule has 5 heteroatoms. The average Bonchev–Trinajstić information content (AvgIpc) is 2.93. The summed E-state index contributed by atoms with van der Waals surface area (Å²) < 4.78 is 1.03. The van der Waals surface area contributed by atoms with Gasteiger partial charge in [-0.1, -0.05) is 34.1 Å². The van der Waals surface area contributed by atoms with Crippen LogP contribution in [0.4, 0.5) is 0 Å². The minimum atomic E-state index is -0.813. The maximum absolute atomic E-state index is 11.0. The van der Waals surface area contributed by atoms with Crippen molar-refractivity contribution in [3.8, 4) is 11.3 Å². The third kappa shape index (κ3) is 4.11. The first-order chi connectivity index (χ1) is 12.1. The highest BCUT2D eigenvalue weighted by atomic mass is 79.9. The summed E-state index contributed by atoms with van der Waals surface area (Å²) in [6, 6.07) is 14.0. The molecule has 3 rings (SSSR count). The van der Waals surface area contributed by atoms with Gasteiger partial charge in [0.2, 0.25) is 0 Å². The van der Waals surface area contributed by atoms with Crippen molar-refractivity contribution in [3.63, 3.8) is 0 Å². The van der Waals surface area contributed by atoms with Crippen LogP contribution >= 0.6 is 15.9 Å². The normalized spacial score (nSPS) is 11.1. The summed E-state index contributed by atoms with van der Waals surface area (Å²) in [5.41, 5.74) is 10.9. The zero-order valence-electron chi connectivity index (χ0n) is 13.9. The Kier molecular flexibility index (Phi) is 5.56. The van der Waals surface area contributed by atoms with Gasteiger partial charge in [0.05, 0.1) is 6.42 Å². The Morgan fingerprint density at radius 1 is 1.16 bits per heavy atom. The molecule has 25 heavy (non-hydrogen) atoms. The average molecular weight is 401 g/mol. The second-order valence-corrected chi connectivity index (χ2v) is 7.10. The fourth-order valence-electron chi connectivity index (χ4n) is 3.18. The molecule has 0 fully saturated rings. The van der Waals surface area contributed by atoms with Gasteiger partial charge in [0, 0.05) is 21.1 Å². The van der Waals surface area contributed by atoms with Crippen molar-refractivity contribution >= 4 is 32.8 Å². The number of hydrogen-bond acceptors (Lipinski definition) is 2. The lowest BCUT2D eigenvalue weighted by Crippen LogP contribution is -2.00. The van der Waals surface area contributed by atoms with Gasteiger partial charge in [-0.2, -0.15) is 0 Å². The summed E-state index contributed by atoms with van der Waals surface area (Å²) in [7, 11) is 0. The number of hydrogen-bond donors (Lipinski definition) is 3. The Morgan fingerprint density at radius 3 is 2.72 bits per heavy atom. The summed E-state index contributed by atoms with van der Waals surface area (Å²) in [4.78, 5) is 14.6. The molecular weight excluding hydrogens is 380 g/mol. The van der Waals surface area contributed by atoms with Crippen LogP contribution in [0.5, 0.6) is 0 Å². The lowest BCUT2D eigenvalue weighted by molar-refractivity contribution is -0.136. The van der Waals surface area contributed by atoms with Crippen LogP contribution in [0, 0.1) is 0 Å². The molecule has 1 heterocycles. The third-order valence-electron chi connectivity index (χ3n) is 4.32. The summed E-state index contributed by atoms with van der Waals surface area (Å²) in [5.74, 6) is -0.813. The van der Waals surface area contributed by atoms with Crippen molar-refractivity contribution in [3.05, 3.63) is 58.1 Å². The fourth-order valence-corrected chi connectivity index (χ4v) is 3.57. The third-order valence-corrected chi connectivity index (χ3v) is 4.81. The largest absolute Gasteiger partial charge is 0.481 e. The first kappa shape index (κ1) is 17.7. The molecule has 4 N–H and O–H groups in total. The van der Waals surface area contributed by atoms with Crippen LogP contribution in [-0.2, 0) is 17.6 Å². The van der Waals surface area contributed by atoms with Gasteiger partial charge >= 0.3 is 5.97 Å². The van der Waals surface area contributed by atoms with Crippen LogP contribution in [0.2, 0.25) is 0 Å². The van der Waals surface area contributed by atoms with Gasteiger partial charge in [-0.05, 0) is 66.8 Å². The van der Waals surface area contributed by atoms with Crippen LogP contribution in [0.1, 0.15) is 24.0 Å². The second kappa shape index (κ2) is 7.85. The highest BCUT2D eigenvalue weighted by Gasteiger charge is 2.14. The number of carboxylic acid groups (broad SMARTS) is 1. The molecule has 4 nitrogen and oxygen atoms in total. The number of halogens is 1. The van der Waals surface area contributed by atoms with Gasteiger partial charge in [0.15, 0.2) is 0 Å².